The Morgan fingerprint density at radius 3 is 2.58 bits per heavy atom. The standard InChI is InChI=1S/C18H23Cl2NO4S/c1-11-4-5-13(25-11)9-21(12-6-7-26(23,24)10-12)17(22)16-14(8-15(19)20)18(16,2)3/h4-5,8,12,14,16H,6-7,9-10H2,1-3H3/t12-,14-,16-/m1/s1. The molecule has 0 bridgehead atoms. The zero-order valence-electron chi connectivity index (χ0n) is 15.0. The summed E-state index contributed by atoms with van der Waals surface area (Å²) in [4.78, 5) is 15.0. The number of sulfone groups is 1. The molecule has 8 heteroatoms. The van der Waals surface area contributed by atoms with Crippen molar-refractivity contribution in [2.75, 3.05) is 11.5 Å². The topological polar surface area (TPSA) is 67.6 Å². The number of allylic oxidation sites excluding steroid dienone is 1. The van der Waals surface area contributed by atoms with Crippen LogP contribution in [0.25, 0.3) is 0 Å². The van der Waals surface area contributed by atoms with E-state index in [-0.39, 0.29) is 51.7 Å². The van der Waals surface area contributed by atoms with Crippen LogP contribution in [-0.2, 0) is 21.2 Å². The predicted octanol–water partition coefficient (Wildman–Crippen LogP) is 3.69. The molecule has 26 heavy (non-hydrogen) atoms. The normalized spacial score (nSPS) is 28.6. The summed E-state index contributed by atoms with van der Waals surface area (Å²) in [7, 11) is -3.11. The summed E-state index contributed by atoms with van der Waals surface area (Å²) in [6, 6.07) is 3.33. The van der Waals surface area contributed by atoms with Crippen LogP contribution in [-0.4, -0.2) is 36.8 Å². The minimum Gasteiger partial charge on any atom is -0.464 e. The molecule has 1 amide bonds. The molecule has 1 aromatic heterocycles. The predicted molar refractivity (Wildman–Crippen MR) is 102 cm³/mol. The van der Waals surface area contributed by atoms with Crippen molar-refractivity contribution in [3.05, 3.63) is 34.2 Å². The number of furan rings is 1. The summed E-state index contributed by atoms with van der Waals surface area (Å²) in [6.07, 6.45) is 2.16. The minimum absolute atomic E-state index is 0.00233. The number of hydrogen-bond donors (Lipinski definition) is 0. The van der Waals surface area contributed by atoms with Crippen LogP contribution in [0.1, 0.15) is 31.8 Å². The first kappa shape index (κ1) is 19.8. The molecule has 2 aliphatic rings. The van der Waals surface area contributed by atoms with Crippen LogP contribution in [0.5, 0.6) is 0 Å². The summed E-state index contributed by atoms with van der Waals surface area (Å²) in [5, 5.41) is 0. The fourth-order valence-electron chi connectivity index (χ4n) is 3.92. The van der Waals surface area contributed by atoms with Gasteiger partial charge in [-0.2, -0.15) is 0 Å². The van der Waals surface area contributed by atoms with Crippen molar-refractivity contribution in [2.45, 2.75) is 39.8 Å². The van der Waals surface area contributed by atoms with Crippen LogP contribution < -0.4 is 0 Å². The quantitative estimate of drug-likeness (QED) is 0.729. The summed E-state index contributed by atoms with van der Waals surface area (Å²) < 4.78 is 29.7. The van der Waals surface area contributed by atoms with E-state index in [1.807, 2.05) is 32.9 Å². The second-order valence-electron chi connectivity index (χ2n) is 7.82. The van der Waals surface area contributed by atoms with Crippen molar-refractivity contribution < 1.29 is 17.6 Å². The fraction of sp³-hybridized carbons (Fsp3) is 0.611. The maximum atomic E-state index is 13.3. The summed E-state index contributed by atoms with van der Waals surface area (Å²) in [5.41, 5.74) is -0.263. The van der Waals surface area contributed by atoms with Gasteiger partial charge in [0.15, 0.2) is 9.84 Å². The van der Waals surface area contributed by atoms with Gasteiger partial charge in [0.2, 0.25) is 5.91 Å². The molecule has 1 saturated carbocycles. The average Bonchev–Trinajstić information content (AvgIpc) is 2.83. The highest BCUT2D eigenvalue weighted by atomic mass is 35.5. The van der Waals surface area contributed by atoms with Crippen molar-refractivity contribution >= 4 is 38.9 Å². The molecule has 3 rings (SSSR count). The third-order valence-corrected chi connectivity index (χ3v) is 7.54. The van der Waals surface area contributed by atoms with Crippen LogP contribution in [0, 0.1) is 24.2 Å². The van der Waals surface area contributed by atoms with E-state index in [0.29, 0.717) is 12.2 Å². The molecule has 1 aliphatic carbocycles. The van der Waals surface area contributed by atoms with Crippen LogP contribution in [0.3, 0.4) is 0 Å². The Hall–Kier alpha value is -0.980. The molecule has 144 valence electrons. The fourth-order valence-corrected chi connectivity index (χ4v) is 5.92. The highest BCUT2D eigenvalue weighted by Crippen LogP contribution is 2.60. The van der Waals surface area contributed by atoms with E-state index in [1.54, 1.807) is 11.0 Å². The number of nitrogens with zero attached hydrogens (tertiary/aromatic N) is 1. The highest BCUT2D eigenvalue weighted by Gasteiger charge is 2.62. The maximum absolute atomic E-state index is 13.3. The van der Waals surface area contributed by atoms with Gasteiger partial charge in [-0.15, -0.1) is 0 Å². The number of carbonyl (C=O) groups is 1. The lowest BCUT2D eigenvalue weighted by atomic mass is 10.1. The second-order valence-corrected chi connectivity index (χ2v) is 11.1. The first-order valence-electron chi connectivity index (χ1n) is 8.60. The lowest BCUT2D eigenvalue weighted by molar-refractivity contribution is -0.136. The van der Waals surface area contributed by atoms with Gasteiger partial charge in [0.25, 0.3) is 0 Å². The van der Waals surface area contributed by atoms with Crippen LogP contribution >= 0.6 is 23.2 Å². The molecule has 2 fully saturated rings. The average molecular weight is 420 g/mol. The van der Waals surface area contributed by atoms with Crippen LogP contribution in [0.4, 0.5) is 0 Å². The summed E-state index contributed by atoms with van der Waals surface area (Å²) in [5.74, 6) is 1.13. The Labute approximate surface area is 164 Å². The smallest absolute Gasteiger partial charge is 0.227 e. The Morgan fingerprint density at radius 2 is 2.08 bits per heavy atom. The zero-order valence-corrected chi connectivity index (χ0v) is 17.4. The highest BCUT2D eigenvalue weighted by molar-refractivity contribution is 7.91. The minimum atomic E-state index is -3.11. The number of carbonyl (C=O) groups excluding carboxylic acids is 1. The molecule has 0 aromatic carbocycles. The van der Waals surface area contributed by atoms with Gasteiger partial charge in [-0.25, -0.2) is 8.42 Å². The molecule has 0 radical (unpaired) electrons. The molecular weight excluding hydrogens is 397 g/mol. The van der Waals surface area contributed by atoms with Crippen molar-refractivity contribution in [1.29, 1.82) is 0 Å². The monoisotopic (exact) mass is 419 g/mol. The molecule has 3 atom stereocenters. The van der Waals surface area contributed by atoms with Gasteiger partial charge in [0.1, 0.15) is 16.0 Å². The number of halogens is 2. The molecular formula is C18H23Cl2NO4S. The van der Waals surface area contributed by atoms with E-state index < -0.39 is 9.84 Å². The van der Waals surface area contributed by atoms with Gasteiger partial charge in [0.05, 0.1) is 24.0 Å². The summed E-state index contributed by atoms with van der Waals surface area (Å²) >= 11 is 11.6. The van der Waals surface area contributed by atoms with E-state index in [0.717, 1.165) is 5.76 Å². The Morgan fingerprint density at radius 1 is 1.38 bits per heavy atom. The van der Waals surface area contributed by atoms with Crippen molar-refractivity contribution in [3.63, 3.8) is 0 Å². The van der Waals surface area contributed by atoms with Crippen molar-refractivity contribution in [3.8, 4) is 0 Å². The summed E-state index contributed by atoms with van der Waals surface area (Å²) in [6.45, 7) is 6.09. The SMILES string of the molecule is Cc1ccc(CN(C(=O)[C@H]2[C@@H](C=C(Cl)Cl)C2(C)C)[C@@H]2CCS(=O)(=O)C2)o1. The lowest BCUT2D eigenvalue weighted by Gasteiger charge is -2.28. The van der Waals surface area contributed by atoms with Crippen molar-refractivity contribution in [1.82, 2.24) is 4.90 Å². The Balaban J connectivity index is 1.85. The Kier molecular flexibility index (Phi) is 5.23. The van der Waals surface area contributed by atoms with E-state index in [4.69, 9.17) is 27.6 Å². The molecule has 5 nitrogen and oxygen atoms in total. The Bertz CT molecular complexity index is 839. The molecule has 0 N–H and O–H groups in total. The van der Waals surface area contributed by atoms with Gasteiger partial charge < -0.3 is 9.32 Å². The molecule has 1 aromatic rings. The lowest BCUT2D eigenvalue weighted by Crippen LogP contribution is -2.42. The van der Waals surface area contributed by atoms with Gasteiger partial charge in [0, 0.05) is 6.04 Å². The van der Waals surface area contributed by atoms with Crippen molar-refractivity contribution in [2.24, 2.45) is 17.3 Å². The second kappa shape index (κ2) is 6.88. The zero-order chi connectivity index (χ0) is 19.3. The van der Waals surface area contributed by atoms with Crippen LogP contribution in [0.2, 0.25) is 0 Å². The molecule has 1 saturated heterocycles. The number of aryl methyl sites for hydroxylation is 1. The number of rotatable bonds is 5. The molecule has 0 spiro atoms. The van der Waals surface area contributed by atoms with E-state index in [1.165, 1.54) is 0 Å². The van der Waals surface area contributed by atoms with Gasteiger partial charge in [-0.05, 0) is 42.9 Å². The number of amides is 1. The first-order chi connectivity index (χ1) is 12.0. The van der Waals surface area contributed by atoms with Crippen LogP contribution in [0.15, 0.2) is 27.1 Å². The largest absolute Gasteiger partial charge is 0.464 e. The molecule has 1 aliphatic heterocycles. The number of hydrogen-bond acceptors (Lipinski definition) is 4. The van der Waals surface area contributed by atoms with Gasteiger partial charge in [-0.3, -0.25) is 4.79 Å². The third kappa shape index (κ3) is 3.97. The third-order valence-electron chi connectivity index (χ3n) is 5.54. The first-order valence-corrected chi connectivity index (χ1v) is 11.2. The van der Waals surface area contributed by atoms with Gasteiger partial charge >= 0.3 is 0 Å². The van der Waals surface area contributed by atoms with E-state index in [9.17, 15) is 13.2 Å². The maximum Gasteiger partial charge on any atom is 0.227 e. The van der Waals surface area contributed by atoms with E-state index in [2.05, 4.69) is 0 Å². The molecule has 0 unspecified atom stereocenters. The van der Waals surface area contributed by atoms with E-state index >= 15 is 0 Å². The molecule has 2 heterocycles. The van der Waals surface area contributed by atoms with Gasteiger partial charge in [-0.1, -0.05) is 37.0 Å².